The first-order valence-corrected chi connectivity index (χ1v) is 11.3. The topological polar surface area (TPSA) is 103 Å². The van der Waals surface area contributed by atoms with Gasteiger partial charge in [-0.05, 0) is 44.2 Å². The Labute approximate surface area is 209 Å². The minimum Gasteiger partial charge on any atom is -0.333 e. The predicted octanol–water partition coefficient (Wildman–Crippen LogP) is 5.16. The summed E-state index contributed by atoms with van der Waals surface area (Å²) < 4.78 is 20.4. The zero-order valence-corrected chi connectivity index (χ0v) is 20.0. The second-order valence-corrected chi connectivity index (χ2v) is 8.70. The number of hydrogen-bond acceptors (Lipinski definition) is 6. The summed E-state index contributed by atoms with van der Waals surface area (Å²) in [6.07, 6.45) is 1.47. The van der Waals surface area contributed by atoms with Gasteiger partial charge in [0.25, 0.3) is 5.89 Å². The second-order valence-electron chi connectivity index (χ2n) is 8.29. The molecule has 0 aliphatic rings. The van der Waals surface area contributed by atoms with Crippen molar-refractivity contribution < 1.29 is 13.7 Å². The van der Waals surface area contributed by atoms with Crippen molar-refractivity contribution in [3.63, 3.8) is 0 Å². The summed E-state index contributed by atoms with van der Waals surface area (Å²) in [5.41, 5.74) is 2.95. The number of nitrogens with zero attached hydrogens (tertiary/aromatic N) is 4. The molecule has 10 heteroatoms. The Bertz CT molecular complexity index is 1680. The van der Waals surface area contributed by atoms with Crippen molar-refractivity contribution in [2.24, 2.45) is 0 Å². The van der Waals surface area contributed by atoms with E-state index in [4.69, 9.17) is 16.1 Å². The normalized spacial score (nSPS) is 11.1. The van der Waals surface area contributed by atoms with Crippen LogP contribution in [-0.2, 0) is 11.3 Å². The Morgan fingerprint density at radius 2 is 1.86 bits per heavy atom. The highest BCUT2D eigenvalue weighted by atomic mass is 35.5. The number of nitrogens with one attached hydrogen (secondary N) is 1. The van der Waals surface area contributed by atoms with Gasteiger partial charge < -0.3 is 14.4 Å². The molecule has 1 N–H and O–H groups in total. The van der Waals surface area contributed by atoms with Crippen molar-refractivity contribution in [3.05, 3.63) is 93.1 Å². The van der Waals surface area contributed by atoms with Crippen LogP contribution in [0, 0.1) is 19.7 Å². The maximum atomic E-state index is 13.5. The lowest BCUT2D eigenvalue weighted by molar-refractivity contribution is -0.116. The Hall–Kier alpha value is -4.37. The first-order chi connectivity index (χ1) is 17.3. The predicted molar refractivity (Wildman–Crippen MR) is 134 cm³/mol. The summed E-state index contributed by atoms with van der Waals surface area (Å²) in [6, 6.07) is 14.8. The molecule has 0 aliphatic carbocycles. The number of fused-ring (bicyclic) bond motifs is 1. The molecular weight excluding hydrogens is 485 g/mol. The second kappa shape index (κ2) is 9.35. The molecule has 0 unspecified atom stereocenters. The van der Waals surface area contributed by atoms with Gasteiger partial charge in [-0.25, -0.2) is 9.37 Å². The molecule has 3 heterocycles. The van der Waals surface area contributed by atoms with Gasteiger partial charge in [0.1, 0.15) is 23.6 Å². The molecule has 2 aromatic carbocycles. The molecule has 0 fully saturated rings. The molecule has 0 saturated heterocycles. The molecule has 0 aliphatic heterocycles. The molecule has 1 amide bonds. The van der Waals surface area contributed by atoms with Crippen LogP contribution in [0.3, 0.4) is 0 Å². The van der Waals surface area contributed by atoms with Crippen LogP contribution in [0.5, 0.6) is 0 Å². The van der Waals surface area contributed by atoms with E-state index in [-0.39, 0.29) is 28.5 Å². The van der Waals surface area contributed by atoms with Crippen LogP contribution >= 0.6 is 11.6 Å². The average Bonchev–Trinajstić information content (AvgIpc) is 3.33. The summed E-state index contributed by atoms with van der Waals surface area (Å²) in [5.74, 6) is -0.653. The zero-order valence-electron chi connectivity index (χ0n) is 19.3. The Kier molecular flexibility index (Phi) is 6.07. The largest absolute Gasteiger partial charge is 0.333 e. The number of anilines is 1. The molecule has 0 spiro atoms. The zero-order chi connectivity index (χ0) is 25.4. The van der Waals surface area contributed by atoms with E-state index in [9.17, 15) is 14.0 Å². The molecule has 8 nitrogen and oxygen atoms in total. The summed E-state index contributed by atoms with van der Waals surface area (Å²) in [4.78, 5) is 35.0. The van der Waals surface area contributed by atoms with Gasteiger partial charge in [0.15, 0.2) is 0 Å². The van der Waals surface area contributed by atoms with Crippen LogP contribution in [0.4, 0.5) is 10.1 Å². The highest BCUT2D eigenvalue weighted by Crippen LogP contribution is 2.23. The fraction of sp³-hybridized carbons (Fsp3) is 0.115. The number of carbonyl (C=O) groups excluding carboxylic acids is 1. The lowest BCUT2D eigenvalue weighted by Crippen LogP contribution is -2.22. The van der Waals surface area contributed by atoms with E-state index in [0.29, 0.717) is 28.2 Å². The Balaban J connectivity index is 1.54. The number of halogens is 2. The first-order valence-electron chi connectivity index (χ1n) is 11.0. The summed E-state index contributed by atoms with van der Waals surface area (Å²) in [7, 11) is 0. The number of rotatable bonds is 5. The van der Waals surface area contributed by atoms with Gasteiger partial charge >= 0.3 is 0 Å². The number of benzene rings is 2. The molecule has 5 aromatic rings. The molecule has 36 heavy (non-hydrogen) atoms. The highest BCUT2D eigenvalue weighted by molar-refractivity contribution is 6.31. The number of pyridine rings is 2. The molecule has 5 rings (SSSR count). The third-order valence-corrected chi connectivity index (χ3v) is 5.83. The molecule has 0 atom stereocenters. The molecule has 3 aromatic heterocycles. The monoisotopic (exact) mass is 503 g/mol. The van der Waals surface area contributed by atoms with Crippen molar-refractivity contribution in [1.82, 2.24) is 19.7 Å². The van der Waals surface area contributed by atoms with Crippen LogP contribution in [0.1, 0.15) is 11.3 Å². The van der Waals surface area contributed by atoms with Gasteiger partial charge in [-0.3, -0.25) is 9.59 Å². The van der Waals surface area contributed by atoms with Crippen molar-refractivity contribution in [2.45, 2.75) is 20.4 Å². The third kappa shape index (κ3) is 4.60. The first kappa shape index (κ1) is 23.4. The molecule has 0 bridgehead atoms. The maximum absolute atomic E-state index is 13.5. The minimum atomic E-state index is -0.588. The van der Waals surface area contributed by atoms with E-state index in [1.54, 1.807) is 19.1 Å². The van der Waals surface area contributed by atoms with Crippen molar-refractivity contribution in [3.8, 4) is 22.8 Å². The van der Waals surface area contributed by atoms with Crippen LogP contribution in [-0.4, -0.2) is 25.6 Å². The quantitative estimate of drug-likeness (QED) is 0.355. The van der Waals surface area contributed by atoms with Crippen LogP contribution in [0.15, 0.2) is 70.1 Å². The van der Waals surface area contributed by atoms with Gasteiger partial charge in [-0.2, -0.15) is 4.98 Å². The molecule has 0 saturated carbocycles. The smallest absolute Gasteiger partial charge is 0.263 e. The lowest BCUT2D eigenvalue weighted by atomic mass is 10.1. The van der Waals surface area contributed by atoms with Gasteiger partial charge in [-0.1, -0.05) is 46.6 Å². The van der Waals surface area contributed by atoms with Crippen LogP contribution < -0.4 is 10.7 Å². The van der Waals surface area contributed by atoms with Crippen molar-refractivity contribution >= 4 is 34.2 Å². The highest BCUT2D eigenvalue weighted by Gasteiger charge is 2.19. The maximum Gasteiger partial charge on any atom is 0.263 e. The molecule has 180 valence electrons. The SMILES string of the molecule is Cc1ccc(-c2noc(-c3cn(CC(=O)Nc4ccc(F)c(Cl)c4)c4nc(C)ccc4c3=O)n2)cc1. The van der Waals surface area contributed by atoms with Gasteiger partial charge in [0.05, 0.1) is 10.4 Å². The standard InChI is InChI=1S/C26H19ClFN5O3/c1-14-3-6-16(7-4-14)24-31-26(36-32-24)19-12-33(25-18(23(19)35)9-5-15(2)29-25)13-22(34)30-17-8-10-21(28)20(27)11-17/h3-12H,13H2,1-2H3,(H,30,34). The van der Waals surface area contributed by atoms with Gasteiger partial charge in [0, 0.05) is 23.1 Å². The number of aromatic nitrogens is 4. The van der Waals surface area contributed by atoms with Gasteiger partial charge in [-0.15, -0.1) is 0 Å². The average molecular weight is 504 g/mol. The van der Waals surface area contributed by atoms with Gasteiger partial charge in [0.2, 0.25) is 17.2 Å². The van der Waals surface area contributed by atoms with Crippen LogP contribution in [0.25, 0.3) is 33.9 Å². The number of carbonyl (C=O) groups is 1. The molecular formula is C26H19ClFN5O3. The summed E-state index contributed by atoms with van der Waals surface area (Å²) in [5, 5.41) is 6.88. The minimum absolute atomic E-state index is 0.0255. The van der Waals surface area contributed by atoms with Crippen molar-refractivity contribution in [1.29, 1.82) is 0 Å². The number of hydrogen-bond donors (Lipinski definition) is 1. The van der Waals surface area contributed by atoms with E-state index in [1.165, 1.54) is 22.9 Å². The van der Waals surface area contributed by atoms with Crippen LogP contribution in [0.2, 0.25) is 5.02 Å². The van der Waals surface area contributed by atoms with E-state index < -0.39 is 11.7 Å². The summed E-state index contributed by atoms with van der Waals surface area (Å²) >= 11 is 5.81. The molecule has 0 radical (unpaired) electrons. The third-order valence-electron chi connectivity index (χ3n) is 5.54. The van der Waals surface area contributed by atoms with E-state index >= 15 is 0 Å². The fourth-order valence-electron chi connectivity index (χ4n) is 3.71. The summed E-state index contributed by atoms with van der Waals surface area (Å²) in [6.45, 7) is 3.57. The fourth-order valence-corrected chi connectivity index (χ4v) is 3.90. The van der Waals surface area contributed by atoms with E-state index in [0.717, 1.165) is 17.2 Å². The number of aryl methyl sites for hydroxylation is 2. The van der Waals surface area contributed by atoms with Crippen molar-refractivity contribution in [2.75, 3.05) is 5.32 Å². The van der Waals surface area contributed by atoms with E-state index in [1.807, 2.05) is 31.2 Å². The number of amides is 1. The Morgan fingerprint density at radius 3 is 2.61 bits per heavy atom. The van der Waals surface area contributed by atoms with E-state index in [2.05, 4.69) is 20.4 Å². The lowest BCUT2D eigenvalue weighted by Gasteiger charge is -2.12. The Morgan fingerprint density at radius 1 is 1.08 bits per heavy atom.